The van der Waals surface area contributed by atoms with Crippen LogP contribution in [0.2, 0.25) is 0 Å². The maximum atomic E-state index is 9.43. The minimum Gasteiger partial charge on any atom is -0.486 e. The number of nitrogens with zero attached hydrogens (tertiary/aromatic N) is 5. The summed E-state index contributed by atoms with van der Waals surface area (Å²) in [5, 5.41) is 1.98. The van der Waals surface area contributed by atoms with Crippen molar-refractivity contribution in [1.82, 2.24) is 24.1 Å². The van der Waals surface area contributed by atoms with Gasteiger partial charge in [-0.3, -0.25) is 9.97 Å². The standard InChI is InChI=1S/C47H48N3O.C25H25N2.Ir/c1-30(2)35-12-10-13-36(31(3)4)43(35)50-42-17-7-6-16-41(42)48-45(50)39-15-11-14-37-38-22-23-40(49-46(38)51-44(37)39)34-20-18-32(19-21-34)33-24-28-47(29-25-33)26-8-5-9-27-47;1-17(2)20-13-10-14-21(18(3)4)24(20)27-23-16-9-8-15-22(23)26-25(27)19-11-6-5-7-12-19;/h6-7,10-14,16-23,30-31,33H,5,8-9,24-29H2,1-4H3;5-11,13-18H,1-4H3;/q2*-1;/i33D;;. The molecule has 13 rings (SSSR count). The largest absolute Gasteiger partial charge is 0.486 e. The fourth-order valence-corrected chi connectivity index (χ4v) is 12.9. The Labute approximate surface area is 482 Å². The van der Waals surface area contributed by atoms with Crippen molar-refractivity contribution >= 4 is 44.1 Å². The van der Waals surface area contributed by atoms with Crippen LogP contribution < -0.4 is 0 Å². The summed E-state index contributed by atoms with van der Waals surface area (Å²) in [6.45, 7) is 18.1. The number of hydrogen-bond acceptors (Lipinski definition) is 4. The zero-order valence-electron chi connectivity index (χ0n) is 48.2. The summed E-state index contributed by atoms with van der Waals surface area (Å²) in [7, 11) is 0. The van der Waals surface area contributed by atoms with Crippen molar-refractivity contribution in [3.05, 3.63) is 198 Å². The van der Waals surface area contributed by atoms with E-state index in [4.69, 9.17) is 19.4 Å². The molecule has 2 saturated carbocycles. The van der Waals surface area contributed by atoms with Gasteiger partial charge in [-0.1, -0.05) is 171 Å². The molecule has 2 fully saturated rings. The van der Waals surface area contributed by atoms with Crippen molar-refractivity contribution in [2.75, 3.05) is 0 Å². The molecule has 11 aromatic rings. The second kappa shape index (κ2) is 22.7. The van der Waals surface area contributed by atoms with E-state index in [0.29, 0.717) is 34.8 Å². The fraction of sp³-hybridized carbons (Fsp3) is 0.319. The smallest absolute Gasteiger partial charge is 0.216 e. The average Bonchev–Trinajstić information content (AvgIpc) is 4.27. The van der Waals surface area contributed by atoms with E-state index in [9.17, 15) is 1.37 Å². The third-order valence-corrected chi connectivity index (χ3v) is 17.1. The molecule has 6 nitrogen and oxygen atoms in total. The third kappa shape index (κ3) is 10.2. The van der Waals surface area contributed by atoms with Gasteiger partial charge in [-0.25, -0.2) is 4.98 Å². The van der Waals surface area contributed by atoms with Crippen LogP contribution in [0.3, 0.4) is 0 Å². The first-order valence-corrected chi connectivity index (χ1v) is 28.8. The van der Waals surface area contributed by atoms with Crippen LogP contribution in [0.5, 0.6) is 0 Å². The first-order chi connectivity index (χ1) is 38.3. The van der Waals surface area contributed by atoms with Gasteiger partial charge in [-0.05, 0) is 138 Å². The van der Waals surface area contributed by atoms with E-state index in [2.05, 4.69) is 210 Å². The summed E-state index contributed by atoms with van der Waals surface area (Å²) in [5.41, 5.74) is 18.6. The number of furan rings is 1. The van der Waals surface area contributed by atoms with E-state index in [1.165, 1.54) is 78.6 Å². The van der Waals surface area contributed by atoms with Gasteiger partial charge in [-0.15, -0.1) is 54.1 Å². The molecule has 0 atom stereocenters. The van der Waals surface area contributed by atoms with Gasteiger partial charge in [0.25, 0.3) is 0 Å². The Bertz CT molecular complexity index is 3930. The number of pyridine rings is 1. The van der Waals surface area contributed by atoms with E-state index in [1.807, 2.05) is 24.3 Å². The number of fused-ring (bicyclic) bond motifs is 5. The van der Waals surface area contributed by atoms with Crippen LogP contribution in [0, 0.1) is 17.5 Å². The first-order valence-electron chi connectivity index (χ1n) is 29.3. The molecule has 403 valence electrons. The molecule has 4 aromatic heterocycles. The third-order valence-electron chi connectivity index (χ3n) is 17.1. The second-order valence-corrected chi connectivity index (χ2v) is 23.5. The van der Waals surface area contributed by atoms with Crippen LogP contribution in [0.15, 0.2) is 162 Å². The van der Waals surface area contributed by atoms with Gasteiger partial charge < -0.3 is 13.6 Å². The maximum absolute atomic E-state index is 9.43. The van der Waals surface area contributed by atoms with Crippen molar-refractivity contribution in [2.24, 2.45) is 5.41 Å². The summed E-state index contributed by atoms with van der Waals surface area (Å²) < 4.78 is 20.8. The molecule has 0 bridgehead atoms. The topological polar surface area (TPSA) is 61.7 Å². The molecule has 1 radical (unpaired) electrons. The Morgan fingerprint density at radius 3 is 1.62 bits per heavy atom. The molecule has 7 heteroatoms. The van der Waals surface area contributed by atoms with E-state index < -0.39 is 5.89 Å². The molecule has 0 saturated heterocycles. The van der Waals surface area contributed by atoms with Crippen molar-refractivity contribution in [3.63, 3.8) is 0 Å². The number of para-hydroxylation sites is 6. The Kier molecular flexibility index (Phi) is 15.1. The van der Waals surface area contributed by atoms with Crippen molar-refractivity contribution < 1.29 is 25.9 Å². The summed E-state index contributed by atoms with van der Waals surface area (Å²) in [6.07, 6.45) is 11.2. The Morgan fingerprint density at radius 2 is 1.06 bits per heavy atom. The summed E-state index contributed by atoms with van der Waals surface area (Å²) in [4.78, 5) is 15.3. The van der Waals surface area contributed by atoms with Gasteiger partial charge in [0.2, 0.25) is 5.71 Å². The van der Waals surface area contributed by atoms with Gasteiger partial charge in [-0.2, -0.15) is 0 Å². The Balaban J connectivity index is 0.000000203. The number of benzene rings is 7. The van der Waals surface area contributed by atoms with Crippen molar-refractivity contribution in [3.8, 4) is 45.4 Å². The zero-order chi connectivity index (χ0) is 54.6. The first kappa shape index (κ1) is 52.8. The fourth-order valence-electron chi connectivity index (χ4n) is 12.9. The van der Waals surface area contributed by atoms with Crippen LogP contribution in [0.1, 0.15) is 172 Å². The van der Waals surface area contributed by atoms with Gasteiger partial charge in [0.05, 0.1) is 45.0 Å². The van der Waals surface area contributed by atoms with Gasteiger partial charge >= 0.3 is 0 Å². The van der Waals surface area contributed by atoms with Crippen molar-refractivity contribution in [1.29, 1.82) is 0 Å². The molecule has 0 aliphatic heterocycles. The van der Waals surface area contributed by atoms with Crippen LogP contribution in [0.25, 0.3) is 89.5 Å². The number of rotatable bonds is 10. The molecule has 4 heterocycles. The number of imidazole rings is 2. The minimum atomic E-state index is -0.494. The number of hydrogen-bond donors (Lipinski definition) is 0. The second-order valence-electron chi connectivity index (χ2n) is 23.5. The van der Waals surface area contributed by atoms with Gasteiger partial charge in [0.1, 0.15) is 0 Å². The number of aromatic nitrogens is 5. The summed E-state index contributed by atoms with van der Waals surface area (Å²) >= 11 is 0. The molecule has 79 heavy (non-hydrogen) atoms. The van der Waals surface area contributed by atoms with E-state index >= 15 is 0 Å². The Hall–Kier alpha value is -6.92. The van der Waals surface area contributed by atoms with Crippen LogP contribution in [0.4, 0.5) is 0 Å². The van der Waals surface area contributed by atoms with Gasteiger partial charge in [0, 0.05) is 43.8 Å². The summed E-state index contributed by atoms with van der Waals surface area (Å²) in [5.74, 6) is 2.78. The van der Waals surface area contributed by atoms with Crippen molar-refractivity contribution in [2.45, 2.75) is 143 Å². The predicted octanol–water partition coefficient (Wildman–Crippen LogP) is 20.0. The molecule has 1 spiro atoms. The zero-order valence-corrected chi connectivity index (χ0v) is 49.6. The minimum absolute atomic E-state index is 0. The molecule has 7 aromatic carbocycles. The predicted molar refractivity (Wildman–Crippen MR) is 324 cm³/mol. The molecule has 0 N–H and O–H groups in total. The molecular weight excluding hydrogens is 1140 g/mol. The monoisotopic (exact) mass is 1220 g/mol. The normalized spacial score (nSPS) is 15.4. The van der Waals surface area contributed by atoms with Gasteiger partial charge in [0.15, 0.2) is 0 Å². The molecular formula is C72H73IrN5O-2. The Morgan fingerprint density at radius 1 is 0.519 bits per heavy atom. The van der Waals surface area contributed by atoms with E-state index in [-0.39, 0.29) is 20.1 Å². The van der Waals surface area contributed by atoms with E-state index in [1.54, 1.807) is 0 Å². The molecule has 0 unspecified atom stereocenters. The average molecular weight is 1220 g/mol. The molecule has 0 amide bonds. The summed E-state index contributed by atoms with van der Waals surface area (Å²) in [6, 6.07) is 62.1. The maximum Gasteiger partial charge on any atom is 0.216 e. The quantitative estimate of drug-likeness (QED) is 0.128. The van der Waals surface area contributed by atoms with Crippen LogP contribution in [-0.4, -0.2) is 24.1 Å². The van der Waals surface area contributed by atoms with E-state index in [0.717, 1.165) is 90.9 Å². The SMILES string of the molecule is CC(C)c1cccc(C(C)C)c1-n1c(-c2[c-]cccc2)nc2ccccc21.[2H]C1(c2ccc(-c3ccc4c(n3)oc3c(-c5nc6ccccc6n5-c5c(C(C)C)cccc5C(C)C)[c-]ccc34)cc2)CCC2(CCCCC2)CC1.[Ir]. The molecule has 2 aliphatic carbocycles. The molecule has 2 aliphatic rings. The van der Waals surface area contributed by atoms with Crippen LogP contribution in [-0.2, 0) is 20.1 Å². The van der Waals surface area contributed by atoms with Crippen LogP contribution >= 0.6 is 0 Å².